The third-order valence-electron chi connectivity index (χ3n) is 3.70. The third-order valence-corrected chi connectivity index (χ3v) is 3.70. The SMILES string of the molecule is c1ccc2c(-c3nccnc3-c3ccncc3)cccc2c1. The van der Waals surface area contributed by atoms with Crippen molar-refractivity contribution in [2.75, 3.05) is 0 Å². The van der Waals surface area contributed by atoms with Crippen LogP contribution in [0.1, 0.15) is 0 Å². The van der Waals surface area contributed by atoms with Crippen LogP contribution in [0.3, 0.4) is 0 Å². The number of hydrogen-bond acceptors (Lipinski definition) is 3. The maximum atomic E-state index is 4.59. The number of pyridine rings is 1. The van der Waals surface area contributed by atoms with Crippen molar-refractivity contribution in [3.63, 3.8) is 0 Å². The molecule has 0 saturated carbocycles. The van der Waals surface area contributed by atoms with E-state index >= 15 is 0 Å². The number of fused-ring (bicyclic) bond motifs is 1. The average Bonchev–Trinajstić information content (AvgIpc) is 2.62. The molecule has 0 aliphatic rings. The van der Waals surface area contributed by atoms with Gasteiger partial charge in [-0.3, -0.25) is 15.0 Å². The Labute approximate surface area is 128 Å². The van der Waals surface area contributed by atoms with Crippen molar-refractivity contribution < 1.29 is 0 Å². The van der Waals surface area contributed by atoms with Crippen LogP contribution >= 0.6 is 0 Å². The smallest absolute Gasteiger partial charge is 0.0971 e. The molecule has 2 heterocycles. The summed E-state index contributed by atoms with van der Waals surface area (Å²) < 4.78 is 0. The molecule has 3 heteroatoms. The van der Waals surface area contributed by atoms with Crippen molar-refractivity contribution in [3.05, 3.63) is 79.4 Å². The van der Waals surface area contributed by atoms with E-state index in [-0.39, 0.29) is 0 Å². The molecule has 22 heavy (non-hydrogen) atoms. The second-order valence-electron chi connectivity index (χ2n) is 5.02. The van der Waals surface area contributed by atoms with Gasteiger partial charge in [0.15, 0.2) is 0 Å². The number of rotatable bonds is 2. The van der Waals surface area contributed by atoms with Gasteiger partial charge < -0.3 is 0 Å². The molecule has 0 spiro atoms. The first kappa shape index (κ1) is 12.7. The van der Waals surface area contributed by atoms with Gasteiger partial charge in [-0.1, -0.05) is 42.5 Å². The highest BCUT2D eigenvalue weighted by atomic mass is 14.8. The van der Waals surface area contributed by atoms with Crippen LogP contribution in [0, 0.1) is 0 Å². The Kier molecular flexibility index (Phi) is 3.09. The fraction of sp³-hybridized carbons (Fsp3) is 0. The molecule has 0 fully saturated rings. The van der Waals surface area contributed by atoms with E-state index in [4.69, 9.17) is 0 Å². The molecule has 0 amide bonds. The maximum Gasteiger partial charge on any atom is 0.0971 e. The van der Waals surface area contributed by atoms with E-state index in [1.807, 2.05) is 24.3 Å². The first-order chi connectivity index (χ1) is 10.9. The van der Waals surface area contributed by atoms with Crippen LogP contribution in [-0.4, -0.2) is 15.0 Å². The molecule has 0 unspecified atom stereocenters. The minimum absolute atomic E-state index is 0.876. The van der Waals surface area contributed by atoms with Crippen LogP contribution in [0.4, 0.5) is 0 Å². The van der Waals surface area contributed by atoms with Gasteiger partial charge in [-0.2, -0.15) is 0 Å². The van der Waals surface area contributed by atoms with Crippen LogP contribution in [0.25, 0.3) is 33.3 Å². The van der Waals surface area contributed by atoms with Crippen molar-refractivity contribution in [1.29, 1.82) is 0 Å². The average molecular weight is 283 g/mol. The molecular weight excluding hydrogens is 270 g/mol. The quantitative estimate of drug-likeness (QED) is 0.548. The predicted molar refractivity (Wildman–Crippen MR) is 88.2 cm³/mol. The minimum atomic E-state index is 0.876. The van der Waals surface area contributed by atoms with Crippen molar-refractivity contribution in [3.8, 4) is 22.5 Å². The zero-order valence-corrected chi connectivity index (χ0v) is 11.8. The lowest BCUT2D eigenvalue weighted by Crippen LogP contribution is -1.93. The minimum Gasteiger partial charge on any atom is -0.265 e. The fourth-order valence-corrected chi connectivity index (χ4v) is 2.69. The van der Waals surface area contributed by atoms with E-state index in [0.29, 0.717) is 0 Å². The number of benzene rings is 2. The van der Waals surface area contributed by atoms with Gasteiger partial charge in [0.25, 0.3) is 0 Å². The largest absolute Gasteiger partial charge is 0.265 e. The molecular formula is C19H13N3. The van der Waals surface area contributed by atoms with E-state index in [2.05, 4.69) is 45.3 Å². The second kappa shape index (κ2) is 5.37. The van der Waals surface area contributed by atoms with E-state index < -0.39 is 0 Å². The van der Waals surface area contributed by atoms with Gasteiger partial charge in [-0.25, -0.2) is 0 Å². The summed E-state index contributed by atoms with van der Waals surface area (Å²) in [6.45, 7) is 0. The summed E-state index contributed by atoms with van der Waals surface area (Å²) in [5, 5.41) is 2.38. The highest BCUT2D eigenvalue weighted by molar-refractivity contribution is 5.98. The molecule has 0 N–H and O–H groups in total. The normalized spacial score (nSPS) is 10.7. The van der Waals surface area contributed by atoms with Crippen LogP contribution < -0.4 is 0 Å². The standard InChI is InChI=1S/C19H13N3/c1-2-6-16-14(4-1)5-3-7-17(16)19-18(21-12-13-22-19)15-8-10-20-11-9-15/h1-13H. The first-order valence-electron chi connectivity index (χ1n) is 7.13. The molecule has 104 valence electrons. The summed E-state index contributed by atoms with van der Waals surface area (Å²) in [5.41, 5.74) is 3.88. The summed E-state index contributed by atoms with van der Waals surface area (Å²) in [6.07, 6.45) is 7.01. The number of aromatic nitrogens is 3. The molecule has 0 radical (unpaired) electrons. The zero-order chi connectivity index (χ0) is 14.8. The maximum absolute atomic E-state index is 4.59. The Morgan fingerprint density at radius 3 is 2.18 bits per heavy atom. The van der Waals surface area contributed by atoms with Crippen LogP contribution in [0.15, 0.2) is 79.4 Å². The molecule has 0 aliphatic carbocycles. The van der Waals surface area contributed by atoms with Crippen molar-refractivity contribution in [2.24, 2.45) is 0 Å². The summed E-state index contributed by atoms with van der Waals surface area (Å²) in [7, 11) is 0. The lowest BCUT2D eigenvalue weighted by Gasteiger charge is -2.10. The van der Waals surface area contributed by atoms with E-state index in [9.17, 15) is 0 Å². The molecule has 0 aliphatic heterocycles. The first-order valence-corrected chi connectivity index (χ1v) is 7.13. The second-order valence-corrected chi connectivity index (χ2v) is 5.02. The Morgan fingerprint density at radius 1 is 0.591 bits per heavy atom. The summed E-state index contributed by atoms with van der Waals surface area (Å²) >= 11 is 0. The lowest BCUT2D eigenvalue weighted by molar-refractivity contribution is 1.20. The highest BCUT2D eigenvalue weighted by Gasteiger charge is 2.12. The molecule has 0 saturated heterocycles. The third kappa shape index (κ3) is 2.13. The van der Waals surface area contributed by atoms with Gasteiger partial charge in [0.1, 0.15) is 0 Å². The summed E-state index contributed by atoms with van der Waals surface area (Å²) in [4.78, 5) is 13.2. The van der Waals surface area contributed by atoms with Crippen molar-refractivity contribution in [1.82, 2.24) is 15.0 Å². The van der Waals surface area contributed by atoms with Gasteiger partial charge in [0, 0.05) is 35.9 Å². The molecule has 4 rings (SSSR count). The van der Waals surface area contributed by atoms with Crippen LogP contribution in [-0.2, 0) is 0 Å². The van der Waals surface area contributed by atoms with Gasteiger partial charge in [-0.15, -0.1) is 0 Å². The van der Waals surface area contributed by atoms with E-state index in [0.717, 1.165) is 22.5 Å². The fourth-order valence-electron chi connectivity index (χ4n) is 2.69. The molecule has 2 aromatic heterocycles. The molecule has 3 nitrogen and oxygen atoms in total. The van der Waals surface area contributed by atoms with E-state index in [1.54, 1.807) is 24.8 Å². The topological polar surface area (TPSA) is 38.7 Å². The van der Waals surface area contributed by atoms with Crippen molar-refractivity contribution >= 4 is 10.8 Å². The lowest BCUT2D eigenvalue weighted by atomic mass is 9.99. The monoisotopic (exact) mass is 283 g/mol. The Balaban J connectivity index is 2.01. The summed E-state index contributed by atoms with van der Waals surface area (Å²) in [5.74, 6) is 0. The van der Waals surface area contributed by atoms with Gasteiger partial charge in [-0.05, 0) is 22.9 Å². The Morgan fingerprint density at radius 2 is 1.32 bits per heavy atom. The Hall–Kier alpha value is -3.07. The molecule has 2 aromatic carbocycles. The molecule has 4 aromatic rings. The highest BCUT2D eigenvalue weighted by Crippen LogP contribution is 2.32. The summed E-state index contributed by atoms with van der Waals surface area (Å²) in [6, 6.07) is 18.5. The predicted octanol–water partition coefficient (Wildman–Crippen LogP) is 4.36. The molecule has 0 atom stereocenters. The van der Waals surface area contributed by atoms with Gasteiger partial charge in [0.05, 0.1) is 11.4 Å². The van der Waals surface area contributed by atoms with Gasteiger partial charge >= 0.3 is 0 Å². The zero-order valence-electron chi connectivity index (χ0n) is 11.8. The number of hydrogen-bond donors (Lipinski definition) is 0. The Bertz CT molecular complexity index is 928. The van der Waals surface area contributed by atoms with Crippen LogP contribution in [0.2, 0.25) is 0 Å². The van der Waals surface area contributed by atoms with Crippen LogP contribution in [0.5, 0.6) is 0 Å². The van der Waals surface area contributed by atoms with Crippen molar-refractivity contribution in [2.45, 2.75) is 0 Å². The van der Waals surface area contributed by atoms with E-state index in [1.165, 1.54) is 10.8 Å². The number of nitrogens with zero attached hydrogens (tertiary/aromatic N) is 3. The molecule has 0 bridgehead atoms. The van der Waals surface area contributed by atoms with Gasteiger partial charge in [0.2, 0.25) is 0 Å².